The van der Waals surface area contributed by atoms with Crippen LogP contribution in [0.2, 0.25) is 0 Å². The van der Waals surface area contributed by atoms with Gasteiger partial charge in [-0.05, 0) is 12.1 Å². The Labute approximate surface area is 84.3 Å². The largest absolute Gasteiger partial charge is 0.361 e. The summed E-state index contributed by atoms with van der Waals surface area (Å²) in [5, 5.41) is 0. The first kappa shape index (κ1) is 10.0. The van der Waals surface area contributed by atoms with Gasteiger partial charge in [-0.3, -0.25) is 4.79 Å². The first-order chi connectivity index (χ1) is 7.09. The Bertz CT molecular complexity index is 419. The van der Waals surface area contributed by atoms with Crippen molar-refractivity contribution in [1.29, 1.82) is 0 Å². The summed E-state index contributed by atoms with van der Waals surface area (Å²) in [7, 11) is 0. The molecule has 1 aliphatic rings. The number of hydrogen-bond donors (Lipinski definition) is 0. The third-order valence-corrected chi connectivity index (χ3v) is 2.38. The molecule has 0 amide bonds. The lowest BCUT2D eigenvalue weighted by atomic mass is 10.2. The number of anilines is 1. The van der Waals surface area contributed by atoms with E-state index in [0.29, 0.717) is 13.0 Å². The molecule has 0 unspecified atom stereocenters. The van der Waals surface area contributed by atoms with E-state index in [1.165, 1.54) is 4.90 Å². The summed E-state index contributed by atoms with van der Waals surface area (Å²) in [6, 6.07) is 2.00. The van der Waals surface area contributed by atoms with Gasteiger partial charge in [-0.25, -0.2) is 13.2 Å². The van der Waals surface area contributed by atoms with Gasteiger partial charge < -0.3 is 4.90 Å². The zero-order chi connectivity index (χ0) is 11.0. The molecule has 1 fully saturated rings. The Balaban J connectivity index is 2.37. The molecule has 0 aromatic heterocycles. The van der Waals surface area contributed by atoms with Crippen molar-refractivity contribution < 1.29 is 18.0 Å². The first-order valence-electron chi connectivity index (χ1n) is 4.49. The van der Waals surface area contributed by atoms with Gasteiger partial charge in [0, 0.05) is 13.0 Å². The van der Waals surface area contributed by atoms with Crippen LogP contribution >= 0.6 is 0 Å². The smallest absolute Gasteiger partial charge is 0.196 e. The molecule has 1 saturated heterocycles. The third kappa shape index (κ3) is 1.69. The van der Waals surface area contributed by atoms with Gasteiger partial charge in [-0.2, -0.15) is 0 Å². The Morgan fingerprint density at radius 2 is 1.87 bits per heavy atom. The molecular formula is C10H8F3NO. The van der Waals surface area contributed by atoms with Crippen molar-refractivity contribution in [3.05, 3.63) is 29.6 Å². The number of ketones is 1. The topological polar surface area (TPSA) is 20.3 Å². The molecule has 0 saturated carbocycles. The minimum atomic E-state index is -1.49. The van der Waals surface area contributed by atoms with Gasteiger partial charge >= 0.3 is 0 Å². The van der Waals surface area contributed by atoms with Crippen LogP contribution in [0.25, 0.3) is 0 Å². The highest BCUT2D eigenvalue weighted by atomic mass is 19.2. The van der Waals surface area contributed by atoms with Crippen LogP contribution in [0.15, 0.2) is 12.1 Å². The van der Waals surface area contributed by atoms with E-state index in [-0.39, 0.29) is 18.0 Å². The number of benzene rings is 1. The SMILES string of the molecule is O=C1CCN(c2ccc(F)c(F)c2F)C1. The molecule has 0 bridgehead atoms. The third-order valence-electron chi connectivity index (χ3n) is 2.38. The summed E-state index contributed by atoms with van der Waals surface area (Å²) in [4.78, 5) is 12.4. The molecule has 5 heteroatoms. The second-order valence-corrected chi connectivity index (χ2v) is 3.40. The van der Waals surface area contributed by atoms with Crippen molar-refractivity contribution in [1.82, 2.24) is 0 Å². The molecule has 2 rings (SSSR count). The molecule has 2 nitrogen and oxygen atoms in total. The standard InChI is InChI=1S/C10H8F3NO/c11-7-1-2-8(10(13)9(7)12)14-4-3-6(15)5-14/h1-2H,3-5H2. The van der Waals surface area contributed by atoms with E-state index in [0.717, 1.165) is 12.1 Å². The fraction of sp³-hybridized carbons (Fsp3) is 0.300. The van der Waals surface area contributed by atoms with E-state index < -0.39 is 17.5 Å². The Morgan fingerprint density at radius 3 is 2.47 bits per heavy atom. The Kier molecular flexibility index (Phi) is 2.38. The molecule has 80 valence electrons. The van der Waals surface area contributed by atoms with E-state index in [2.05, 4.69) is 0 Å². The normalized spacial score (nSPS) is 16.2. The number of Topliss-reactive ketones (excluding diaryl/α,β-unsaturated/α-hetero) is 1. The van der Waals surface area contributed by atoms with Crippen molar-refractivity contribution in [2.45, 2.75) is 6.42 Å². The molecular weight excluding hydrogens is 207 g/mol. The molecule has 1 aliphatic heterocycles. The van der Waals surface area contributed by atoms with Crippen LogP contribution in [0, 0.1) is 17.5 Å². The molecule has 0 aliphatic carbocycles. The fourth-order valence-corrected chi connectivity index (χ4v) is 1.60. The minimum absolute atomic E-state index is 0.0286. The summed E-state index contributed by atoms with van der Waals surface area (Å²) in [5.74, 6) is -3.97. The van der Waals surface area contributed by atoms with Crippen LogP contribution in [0.5, 0.6) is 0 Å². The highest BCUT2D eigenvalue weighted by Gasteiger charge is 2.24. The van der Waals surface area contributed by atoms with E-state index >= 15 is 0 Å². The van der Waals surface area contributed by atoms with Crippen molar-refractivity contribution in [3.63, 3.8) is 0 Å². The highest BCUT2D eigenvalue weighted by Crippen LogP contribution is 2.25. The quantitative estimate of drug-likeness (QED) is 0.666. The maximum absolute atomic E-state index is 13.3. The predicted molar refractivity (Wildman–Crippen MR) is 48.2 cm³/mol. The van der Waals surface area contributed by atoms with Crippen LogP contribution < -0.4 is 4.90 Å². The summed E-state index contributed by atoms with van der Waals surface area (Å²) < 4.78 is 38.8. The van der Waals surface area contributed by atoms with Crippen LogP contribution in [-0.2, 0) is 4.79 Å². The number of nitrogens with zero attached hydrogens (tertiary/aromatic N) is 1. The van der Waals surface area contributed by atoms with Gasteiger partial charge in [0.2, 0.25) is 0 Å². The van der Waals surface area contributed by atoms with Gasteiger partial charge in [0.15, 0.2) is 23.2 Å². The van der Waals surface area contributed by atoms with E-state index in [4.69, 9.17) is 0 Å². The lowest BCUT2D eigenvalue weighted by molar-refractivity contribution is -0.116. The Morgan fingerprint density at radius 1 is 1.13 bits per heavy atom. The molecule has 1 aromatic carbocycles. The molecule has 1 heterocycles. The Hall–Kier alpha value is -1.52. The molecule has 15 heavy (non-hydrogen) atoms. The van der Waals surface area contributed by atoms with Gasteiger partial charge in [-0.1, -0.05) is 0 Å². The second kappa shape index (κ2) is 3.56. The lowest BCUT2D eigenvalue weighted by Gasteiger charge is -2.17. The zero-order valence-corrected chi connectivity index (χ0v) is 7.77. The van der Waals surface area contributed by atoms with Crippen molar-refractivity contribution >= 4 is 11.5 Å². The predicted octanol–water partition coefficient (Wildman–Crippen LogP) is 1.88. The van der Waals surface area contributed by atoms with Crippen molar-refractivity contribution in [2.24, 2.45) is 0 Å². The maximum Gasteiger partial charge on any atom is 0.196 e. The first-order valence-corrected chi connectivity index (χ1v) is 4.49. The molecule has 1 aromatic rings. The second-order valence-electron chi connectivity index (χ2n) is 3.40. The van der Waals surface area contributed by atoms with Gasteiger partial charge in [0.25, 0.3) is 0 Å². The van der Waals surface area contributed by atoms with Crippen LogP contribution in [-0.4, -0.2) is 18.9 Å². The van der Waals surface area contributed by atoms with Gasteiger partial charge in [-0.15, -0.1) is 0 Å². The molecule has 0 spiro atoms. The molecule has 0 radical (unpaired) electrons. The van der Waals surface area contributed by atoms with Crippen LogP contribution in [0.4, 0.5) is 18.9 Å². The highest BCUT2D eigenvalue weighted by molar-refractivity contribution is 5.87. The summed E-state index contributed by atoms with van der Waals surface area (Å²) in [6.45, 7) is 0.406. The van der Waals surface area contributed by atoms with Crippen LogP contribution in [0.3, 0.4) is 0 Å². The van der Waals surface area contributed by atoms with E-state index in [1.807, 2.05) is 0 Å². The summed E-state index contributed by atoms with van der Waals surface area (Å²) >= 11 is 0. The number of hydrogen-bond acceptors (Lipinski definition) is 2. The van der Waals surface area contributed by atoms with Gasteiger partial charge in [0.05, 0.1) is 12.2 Å². The fourth-order valence-electron chi connectivity index (χ4n) is 1.60. The zero-order valence-electron chi connectivity index (χ0n) is 7.77. The van der Waals surface area contributed by atoms with Crippen molar-refractivity contribution in [3.8, 4) is 0 Å². The average molecular weight is 215 g/mol. The molecule has 0 N–H and O–H groups in total. The monoisotopic (exact) mass is 215 g/mol. The van der Waals surface area contributed by atoms with Gasteiger partial charge in [0.1, 0.15) is 0 Å². The lowest BCUT2D eigenvalue weighted by Crippen LogP contribution is -2.21. The van der Waals surface area contributed by atoms with Crippen molar-refractivity contribution in [2.75, 3.05) is 18.0 Å². The van der Waals surface area contributed by atoms with E-state index in [9.17, 15) is 18.0 Å². The minimum Gasteiger partial charge on any atom is -0.361 e. The number of carbonyl (C=O) groups is 1. The number of carbonyl (C=O) groups excluding carboxylic acids is 1. The van der Waals surface area contributed by atoms with Crippen LogP contribution in [0.1, 0.15) is 6.42 Å². The molecule has 0 atom stereocenters. The summed E-state index contributed by atoms with van der Waals surface area (Å²) in [5.41, 5.74) is -0.0558. The van der Waals surface area contributed by atoms with E-state index in [1.54, 1.807) is 0 Å². The maximum atomic E-state index is 13.3. The summed E-state index contributed by atoms with van der Waals surface area (Å²) in [6.07, 6.45) is 0.318. The number of halogens is 3. The number of rotatable bonds is 1. The average Bonchev–Trinajstić information content (AvgIpc) is 2.61.